The Balaban J connectivity index is 2.31. The molecule has 0 spiro atoms. The third kappa shape index (κ3) is 3.12. The van der Waals surface area contributed by atoms with Gasteiger partial charge in [0.1, 0.15) is 10.6 Å². The minimum absolute atomic E-state index is 0.0223. The number of hydrogen-bond acceptors (Lipinski definition) is 4. The van der Waals surface area contributed by atoms with Crippen LogP contribution >= 0.6 is 0 Å². The Morgan fingerprint density at radius 1 is 1.43 bits per heavy atom. The zero-order chi connectivity index (χ0) is 15.8. The van der Waals surface area contributed by atoms with Gasteiger partial charge in [0, 0.05) is 19.8 Å². The van der Waals surface area contributed by atoms with E-state index in [1.807, 2.05) is 13.8 Å². The molecule has 0 saturated carbocycles. The summed E-state index contributed by atoms with van der Waals surface area (Å²) in [7, 11) is -0.549. The molecule has 0 bridgehead atoms. The van der Waals surface area contributed by atoms with Gasteiger partial charge in [0.15, 0.2) is 0 Å². The van der Waals surface area contributed by atoms with Gasteiger partial charge in [0.2, 0.25) is 10.0 Å². The van der Waals surface area contributed by atoms with E-state index in [0.717, 1.165) is 0 Å². The molecule has 1 aliphatic heterocycles. The fourth-order valence-corrected chi connectivity index (χ4v) is 3.14. The van der Waals surface area contributed by atoms with Gasteiger partial charge in [-0.05, 0) is 27.0 Å². The summed E-state index contributed by atoms with van der Waals surface area (Å²) in [5, 5.41) is 0. The van der Waals surface area contributed by atoms with Gasteiger partial charge in [-0.1, -0.05) is 0 Å². The van der Waals surface area contributed by atoms with Crippen LogP contribution in [0.1, 0.15) is 24.3 Å². The Bertz CT molecular complexity index is 638. The maximum Gasteiger partial charge on any atom is 0.270 e. The minimum Gasteiger partial charge on any atom is -0.375 e. The topological polar surface area (TPSA) is 80.6 Å². The predicted molar refractivity (Wildman–Crippen MR) is 77.6 cm³/mol. The molecule has 1 N–H and O–H groups in total. The molecule has 1 saturated heterocycles. The number of hydrogen-bond donors (Lipinski definition) is 1. The Morgan fingerprint density at radius 3 is 2.71 bits per heavy atom. The molecule has 0 aliphatic carbocycles. The zero-order valence-corrected chi connectivity index (χ0v) is 13.5. The summed E-state index contributed by atoms with van der Waals surface area (Å²) in [5.74, 6) is -0.183. The molecule has 1 fully saturated rings. The standard InChI is InChI=1S/C13H21N3O4S/c1-9-8-20-10(2)6-16(9)13(17)12-5-11(7-15(12)4)21(18,19)14-3/h5,7,9-10,14H,6,8H2,1-4H3/t9-,10-/m1/s1. The number of carbonyl (C=O) groups excluding carboxylic acids is 1. The van der Waals surface area contributed by atoms with Gasteiger partial charge < -0.3 is 14.2 Å². The molecular weight excluding hydrogens is 294 g/mol. The lowest BCUT2D eigenvalue weighted by Gasteiger charge is -2.36. The summed E-state index contributed by atoms with van der Waals surface area (Å²) < 4.78 is 32.9. The lowest BCUT2D eigenvalue weighted by Crippen LogP contribution is -2.50. The Kier molecular flexibility index (Phi) is 4.40. The molecule has 0 unspecified atom stereocenters. The van der Waals surface area contributed by atoms with Crippen LogP contribution in [0, 0.1) is 0 Å². The SMILES string of the molecule is CNS(=O)(=O)c1cc(C(=O)N2C[C@@H](C)OC[C@H]2C)n(C)c1. The van der Waals surface area contributed by atoms with Crippen molar-refractivity contribution in [1.82, 2.24) is 14.2 Å². The molecular formula is C13H21N3O4S. The van der Waals surface area contributed by atoms with E-state index in [4.69, 9.17) is 4.74 Å². The predicted octanol–water partition coefficient (Wildman–Crippen LogP) is 0.183. The second-order valence-corrected chi connectivity index (χ2v) is 7.22. The molecule has 21 heavy (non-hydrogen) atoms. The van der Waals surface area contributed by atoms with Gasteiger partial charge in [0.05, 0.1) is 18.8 Å². The molecule has 8 heteroatoms. The molecule has 0 radical (unpaired) electrons. The summed E-state index contributed by atoms with van der Waals surface area (Å²) in [5.41, 5.74) is 0.352. The summed E-state index contributed by atoms with van der Waals surface area (Å²) in [6.07, 6.45) is 1.42. The lowest BCUT2D eigenvalue weighted by atomic mass is 10.2. The molecule has 7 nitrogen and oxygen atoms in total. The van der Waals surface area contributed by atoms with E-state index in [1.165, 1.54) is 19.3 Å². The highest BCUT2D eigenvalue weighted by Crippen LogP contribution is 2.19. The fourth-order valence-electron chi connectivity index (χ4n) is 2.35. The van der Waals surface area contributed by atoms with E-state index in [9.17, 15) is 13.2 Å². The highest BCUT2D eigenvalue weighted by Gasteiger charge is 2.30. The number of aryl methyl sites for hydroxylation is 1. The van der Waals surface area contributed by atoms with E-state index in [0.29, 0.717) is 18.8 Å². The minimum atomic E-state index is -3.55. The van der Waals surface area contributed by atoms with E-state index < -0.39 is 10.0 Å². The Morgan fingerprint density at radius 2 is 2.10 bits per heavy atom. The third-order valence-corrected chi connectivity index (χ3v) is 5.03. The number of morpholine rings is 1. The number of carbonyl (C=O) groups is 1. The largest absolute Gasteiger partial charge is 0.375 e. The van der Waals surface area contributed by atoms with Crippen molar-refractivity contribution in [3.63, 3.8) is 0 Å². The van der Waals surface area contributed by atoms with Crippen molar-refractivity contribution in [2.24, 2.45) is 7.05 Å². The number of aromatic nitrogens is 1. The number of rotatable bonds is 3. The number of sulfonamides is 1. The van der Waals surface area contributed by atoms with Gasteiger partial charge in [-0.3, -0.25) is 4.79 Å². The first kappa shape index (κ1) is 16.0. The average Bonchev–Trinajstić information content (AvgIpc) is 2.83. The van der Waals surface area contributed by atoms with Crippen LogP contribution in [0.2, 0.25) is 0 Å². The molecule has 118 valence electrons. The van der Waals surface area contributed by atoms with Crippen LogP contribution in [0.4, 0.5) is 0 Å². The quantitative estimate of drug-likeness (QED) is 0.863. The van der Waals surface area contributed by atoms with Gasteiger partial charge in [-0.25, -0.2) is 13.1 Å². The van der Waals surface area contributed by atoms with E-state index in [2.05, 4.69) is 4.72 Å². The van der Waals surface area contributed by atoms with Crippen LogP contribution in [-0.2, 0) is 21.8 Å². The second-order valence-electron chi connectivity index (χ2n) is 5.33. The van der Waals surface area contributed by atoms with Crippen LogP contribution < -0.4 is 4.72 Å². The molecule has 1 amide bonds. The number of nitrogens with one attached hydrogen (secondary N) is 1. The Labute approximate surface area is 124 Å². The molecule has 1 aromatic heterocycles. The maximum atomic E-state index is 12.6. The van der Waals surface area contributed by atoms with E-state index in [1.54, 1.807) is 16.5 Å². The number of nitrogens with zero attached hydrogens (tertiary/aromatic N) is 2. The third-order valence-electron chi connectivity index (χ3n) is 3.65. The number of ether oxygens (including phenoxy) is 1. The summed E-state index contributed by atoms with van der Waals surface area (Å²) >= 11 is 0. The van der Waals surface area contributed by atoms with Crippen LogP contribution in [-0.4, -0.2) is 56.1 Å². The summed E-state index contributed by atoms with van der Waals surface area (Å²) in [4.78, 5) is 14.4. The molecule has 1 aliphatic rings. The molecule has 1 aromatic rings. The molecule has 0 aromatic carbocycles. The highest BCUT2D eigenvalue weighted by atomic mass is 32.2. The fraction of sp³-hybridized carbons (Fsp3) is 0.615. The molecule has 2 rings (SSSR count). The Hall–Kier alpha value is -1.38. The van der Waals surface area contributed by atoms with Gasteiger partial charge in [-0.2, -0.15) is 0 Å². The van der Waals surface area contributed by atoms with Crippen molar-refractivity contribution in [1.29, 1.82) is 0 Å². The van der Waals surface area contributed by atoms with Crippen LogP contribution in [0.25, 0.3) is 0 Å². The summed E-state index contributed by atoms with van der Waals surface area (Å²) in [6, 6.07) is 1.37. The van der Waals surface area contributed by atoms with Gasteiger partial charge in [0.25, 0.3) is 5.91 Å². The normalized spacial score (nSPS) is 23.3. The average molecular weight is 315 g/mol. The lowest BCUT2D eigenvalue weighted by molar-refractivity contribution is -0.0390. The van der Waals surface area contributed by atoms with E-state index >= 15 is 0 Å². The van der Waals surface area contributed by atoms with Crippen molar-refractivity contribution >= 4 is 15.9 Å². The van der Waals surface area contributed by atoms with Crippen molar-refractivity contribution in [3.8, 4) is 0 Å². The van der Waals surface area contributed by atoms with Gasteiger partial charge >= 0.3 is 0 Å². The monoisotopic (exact) mass is 315 g/mol. The second kappa shape index (κ2) is 5.78. The summed E-state index contributed by atoms with van der Waals surface area (Å²) in [6.45, 7) is 4.81. The van der Waals surface area contributed by atoms with Crippen molar-refractivity contribution in [2.45, 2.75) is 30.9 Å². The first-order valence-corrected chi connectivity index (χ1v) is 8.27. The van der Waals surface area contributed by atoms with Crippen molar-refractivity contribution in [2.75, 3.05) is 20.2 Å². The van der Waals surface area contributed by atoms with Crippen LogP contribution in [0.5, 0.6) is 0 Å². The smallest absolute Gasteiger partial charge is 0.270 e. The highest BCUT2D eigenvalue weighted by molar-refractivity contribution is 7.89. The van der Waals surface area contributed by atoms with Crippen molar-refractivity contribution < 1.29 is 17.9 Å². The maximum absolute atomic E-state index is 12.6. The molecule has 2 atom stereocenters. The van der Waals surface area contributed by atoms with Crippen LogP contribution in [0.3, 0.4) is 0 Å². The van der Waals surface area contributed by atoms with Crippen molar-refractivity contribution in [3.05, 3.63) is 18.0 Å². The van der Waals surface area contributed by atoms with E-state index in [-0.39, 0.29) is 22.9 Å². The van der Waals surface area contributed by atoms with Crippen LogP contribution in [0.15, 0.2) is 17.2 Å². The molecule has 2 heterocycles. The first-order chi connectivity index (χ1) is 9.76. The first-order valence-electron chi connectivity index (χ1n) is 6.78. The number of amides is 1. The van der Waals surface area contributed by atoms with Gasteiger partial charge in [-0.15, -0.1) is 0 Å². The zero-order valence-electron chi connectivity index (χ0n) is 12.7.